The molecule has 1 aliphatic carbocycles. The van der Waals surface area contributed by atoms with E-state index in [1.54, 1.807) is 0 Å². The summed E-state index contributed by atoms with van der Waals surface area (Å²) in [6.45, 7) is 6.39. The van der Waals surface area contributed by atoms with Crippen LogP contribution in [0, 0.1) is 11.8 Å². The van der Waals surface area contributed by atoms with Crippen LogP contribution in [-0.2, 0) is 13.0 Å². The van der Waals surface area contributed by atoms with E-state index in [-0.39, 0.29) is 24.0 Å². The molecule has 1 fully saturated rings. The van der Waals surface area contributed by atoms with Crippen molar-refractivity contribution in [2.45, 2.75) is 58.5 Å². The lowest BCUT2D eigenvalue weighted by Gasteiger charge is -2.32. The van der Waals surface area contributed by atoms with Crippen LogP contribution in [0.1, 0.15) is 50.9 Å². The first-order valence-electron chi connectivity index (χ1n) is 10.7. The molecule has 1 heterocycles. The van der Waals surface area contributed by atoms with Crippen LogP contribution in [-0.4, -0.2) is 35.1 Å². The van der Waals surface area contributed by atoms with Crippen molar-refractivity contribution in [3.63, 3.8) is 0 Å². The molecule has 0 bridgehead atoms. The molecule has 1 aliphatic rings. The van der Waals surface area contributed by atoms with Gasteiger partial charge in [-0.05, 0) is 43.1 Å². The van der Waals surface area contributed by atoms with Crippen LogP contribution in [0.3, 0.4) is 0 Å². The van der Waals surface area contributed by atoms with Gasteiger partial charge >= 0.3 is 0 Å². The van der Waals surface area contributed by atoms with Gasteiger partial charge in [-0.1, -0.05) is 44.2 Å². The molecule has 0 unspecified atom stereocenters. The van der Waals surface area contributed by atoms with Gasteiger partial charge in [-0.15, -0.1) is 24.0 Å². The Morgan fingerprint density at radius 3 is 2.55 bits per heavy atom. The monoisotopic (exact) mass is 509 g/mol. The molecule has 6 heteroatoms. The van der Waals surface area contributed by atoms with Gasteiger partial charge in [0, 0.05) is 45.0 Å². The largest absolute Gasteiger partial charge is 0.356 e. The standard InChI is InChI=1S/C23H35N5.HI/c1-18(2)20-9-11-21(12-10-20)27-23(24-3)26-14-13-22-25-15-16-28(22)17-19-7-5-4-6-8-19;/h4-8,15-16,18,20-21H,9-14,17H2,1-3H3,(H2,24,26,27);1H. The van der Waals surface area contributed by atoms with Crippen molar-refractivity contribution in [1.82, 2.24) is 20.2 Å². The van der Waals surface area contributed by atoms with E-state index in [0.29, 0.717) is 6.04 Å². The summed E-state index contributed by atoms with van der Waals surface area (Å²) in [7, 11) is 1.85. The molecule has 1 saturated carbocycles. The van der Waals surface area contributed by atoms with Crippen LogP contribution in [0.4, 0.5) is 0 Å². The van der Waals surface area contributed by atoms with E-state index in [1.165, 1.54) is 31.2 Å². The topological polar surface area (TPSA) is 54.2 Å². The zero-order valence-electron chi connectivity index (χ0n) is 18.0. The third-order valence-corrected chi connectivity index (χ3v) is 5.92. The van der Waals surface area contributed by atoms with Crippen molar-refractivity contribution in [2.75, 3.05) is 13.6 Å². The molecule has 160 valence electrons. The molecule has 0 atom stereocenters. The molecular weight excluding hydrogens is 473 g/mol. The highest BCUT2D eigenvalue weighted by Gasteiger charge is 2.23. The second kappa shape index (κ2) is 12.2. The number of aliphatic imine (C=N–C) groups is 1. The van der Waals surface area contributed by atoms with Gasteiger partial charge in [0.25, 0.3) is 0 Å². The summed E-state index contributed by atoms with van der Waals surface area (Å²) in [6, 6.07) is 11.1. The molecule has 1 aromatic carbocycles. The van der Waals surface area contributed by atoms with E-state index < -0.39 is 0 Å². The van der Waals surface area contributed by atoms with Gasteiger partial charge in [-0.2, -0.15) is 0 Å². The predicted molar refractivity (Wildman–Crippen MR) is 132 cm³/mol. The summed E-state index contributed by atoms with van der Waals surface area (Å²) in [5.74, 6) is 3.70. The summed E-state index contributed by atoms with van der Waals surface area (Å²) in [6.07, 6.45) is 9.95. The molecule has 5 nitrogen and oxygen atoms in total. The van der Waals surface area contributed by atoms with Crippen LogP contribution < -0.4 is 10.6 Å². The number of rotatable bonds is 7. The molecule has 0 radical (unpaired) electrons. The Balaban J connectivity index is 0.00000300. The first kappa shape index (κ1) is 23.7. The lowest BCUT2D eigenvalue weighted by Crippen LogP contribution is -2.45. The fourth-order valence-electron chi connectivity index (χ4n) is 4.10. The second-order valence-corrected chi connectivity index (χ2v) is 8.21. The average molecular weight is 509 g/mol. The SMILES string of the molecule is CN=C(NCCc1nccn1Cc1ccccc1)NC1CCC(C(C)C)CC1.I. The first-order chi connectivity index (χ1) is 13.7. The van der Waals surface area contributed by atoms with Crippen molar-refractivity contribution in [3.05, 3.63) is 54.1 Å². The van der Waals surface area contributed by atoms with Gasteiger partial charge in [0.2, 0.25) is 0 Å². The van der Waals surface area contributed by atoms with E-state index in [0.717, 1.165) is 43.1 Å². The van der Waals surface area contributed by atoms with Gasteiger partial charge in [0.05, 0.1) is 0 Å². The number of guanidine groups is 1. The number of benzene rings is 1. The van der Waals surface area contributed by atoms with Gasteiger partial charge in [-0.3, -0.25) is 4.99 Å². The van der Waals surface area contributed by atoms with Crippen LogP contribution in [0.2, 0.25) is 0 Å². The Hall–Kier alpha value is -1.57. The molecule has 0 saturated heterocycles. The minimum absolute atomic E-state index is 0. The van der Waals surface area contributed by atoms with Crippen molar-refractivity contribution in [2.24, 2.45) is 16.8 Å². The molecule has 2 N–H and O–H groups in total. The Kier molecular flexibility index (Phi) is 9.97. The van der Waals surface area contributed by atoms with Crippen LogP contribution >= 0.6 is 24.0 Å². The van der Waals surface area contributed by atoms with E-state index in [9.17, 15) is 0 Å². The summed E-state index contributed by atoms with van der Waals surface area (Å²) >= 11 is 0. The number of halogens is 1. The summed E-state index contributed by atoms with van der Waals surface area (Å²) in [5, 5.41) is 7.08. The Bertz CT molecular complexity index is 733. The summed E-state index contributed by atoms with van der Waals surface area (Å²) in [5.41, 5.74) is 1.30. The van der Waals surface area contributed by atoms with Crippen molar-refractivity contribution in [1.29, 1.82) is 0 Å². The zero-order chi connectivity index (χ0) is 19.8. The van der Waals surface area contributed by atoms with Crippen LogP contribution in [0.25, 0.3) is 0 Å². The smallest absolute Gasteiger partial charge is 0.191 e. The number of hydrogen-bond donors (Lipinski definition) is 2. The zero-order valence-corrected chi connectivity index (χ0v) is 20.3. The van der Waals surface area contributed by atoms with Crippen molar-refractivity contribution < 1.29 is 0 Å². The van der Waals surface area contributed by atoms with Gasteiger partial charge < -0.3 is 15.2 Å². The molecule has 1 aromatic heterocycles. The highest BCUT2D eigenvalue weighted by molar-refractivity contribution is 14.0. The summed E-state index contributed by atoms with van der Waals surface area (Å²) < 4.78 is 2.22. The molecule has 2 aromatic rings. The maximum Gasteiger partial charge on any atom is 0.191 e. The van der Waals surface area contributed by atoms with Gasteiger partial charge in [0.1, 0.15) is 5.82 Å². The number of nitrogens with one attached hydrogen (secondary N) is 2. The minimum Gasteiger partial charge on any atom is -0.356 e. The maximum absolute atomic E-state index is 4.54. The number of nitrogens with zero attached hydrogens (tertiary/aromatic N) is 3. The number of aromatic nitrogens is 2. The second-order valence-electron chi connectivity index (χ2n) is 8.21. The highest BCUT2D eigenvalue weighted by Crippen LogP contribution is 2.29. The van der Waals surface area contributed by atoms with E-state index in [4.69, 9.17) is 0 Å². The lowest BCUT2D eigenvalue weighted by atomic mass is 9.80. The van der Waals surface area contributed by atoms with Crippen LogP contribution in [0.15, 0.2) is 47.7 Å². The van der Waals surface area contributed by atoms with E-state index in [2.05, 4.69) is 75.6 Å². The minimum atomic E-state index is 0. The Labute approximate surface area is 192 Å². The highest BCUT2D eigenvalue weighted by atomic mass is 127. The third kappa shape index (κ3) is 7.32. The Morgan fingerprint density at radius 2 is 1.90 bits per heavy atom. The van der Waals surface area contributed by atoms with Crippen molar-refractivity contribution >= 4 is 29.9 Å². The lowest BCUT2D eigenvalue weighted by molar-refractivity contribution is 0.250. The first-order valence-corrected chi connectivity index (χ1v) is 10.7. The fourth-order valence-corrected chi connectivity index (χ4v) is 4.10. The van der Waals surface area contributed by atoms with Gasteiger partial charge in [0.15, 0.2) is 5.96 Å². The predicted octanol–water partition coefficient (Wildman–Crippen LogP) is 4.47. The quantitative estimate of drug-likeness (QED) is 0.329. The molecule has 3 rings (SSSR count). The molecule has 0 spiro atoms. The number of hydrogen-bond acceptors (Lipinski definition) is 2. The van der Waals surface area contributed by atoms with Crippen molar-refractivity contribution in [3.8, 4) is 0 Å². The molecular formula is C23H36IN5. The maximum atomic E-state index is 4.54. The summed E-state index contributed by atoms with van der Waals surface area (Å²) in [4.78, 5) is 8.95. The van der Waals surface area contributed by atoms with E-state index in [1.807, 2.05) is 13.2 Å². The normalized spacial score (nSPS) is 19.7. The number of imidazole rings is 1. The molecule has 29 heavy (non-hydrogen) atoms. The average Bonchev–Trinajstić information content (AvgIpc) is 3.15. The van der Waals surface area contributed by atoms with Gasteiger partial charge in [-0.25, -0.2) is 4.98 Å². The molecule has 0 amide bonds. The Morgan fingerprint density at radius 1 is 1.17 bits per heavy atom. The molecule has 0 aliphatic heterocycles. The van der Waals surface area contributed by atoms with E-state index >= 15 is 0 Å². The van der Waals surface area contributed by atoms with Crippen LogP contribution in [0.5, 0.6) is 0 Å². The fraction of sp³-hybridized carbons (Fsp3) is 0.565. The third-order valence-electron chi connectivity index (χ3n) is 5.92.